The van der Waals surface area contributed by atoms with Gasteiger partial charge in [-0.05, 0) is 29.7 Å². The highest BCUT2D eigenvalue weighted by Crippen LogP contribution is 2.31. The van der Waals surface area contributed by atoms with Crippen LogP contribution in [0.25, 0.3) is 0 Å². The molecular formula is C17H13FN2O. The van der Waals surface area contributed by atoms with Crippen LogP contribution in [0.3, 0.4) is 0 Å². The second kappa shape index (κ2) is 5.37. The Bertz CT molecular complexity index is 721. The third kappa shape index (κ3) is 2.38. The number of hydrogen-bond donors (Lipinski definition) is 0. The summed E-state index contributed by atoms with van der Waals surface area (Å²) in [6.07, 6.45) is 0.689. The normalized spacial score (nSPS) is 14.4. The molecule has 0 fully saturated rings. The number of benzene rings is 2. The fraction of sp³-hybridized carbons (Fsp3) is 0.176. The molecule has 1 heterocycles. The molecule has 21 heavy (non-hydrogen) atoms. The number of carbonyl (C=O) groups is 1. The lowest BCUT2D eigenvalue weighted by Crippen LogP contribution is -2.33. The Labute approximate surface area is 122 Å². The highest BCUT2D eigenvalue weighted by atomic mass is 19.1. The van der Waals surface area contributed by atoms with Gasteiger partial charge in [0, 0.05) is 12.2 Å². The zero-order chi connectivity index (χ0) is 14.8. The molecule has 2 aromatic rings. The Morgan fingerprint density at radius 3 is 2.71 bits per heavy atom. The van der Waals surface area contributed by atoms with Crippen molar-refractivity contribution < 1.29 is 9.18 Å². The number of anilines is 1. The fourth-order valence-corrected chi connectivity index (χ4v) is 2.65. The molecule has 3 nitrogen and oxygen atoms in total. The smallest absolute Gasteiger partial charge is 0.248 e. The SMILES string of the molecule is N#CC(C(=O)N1CCc2ccc(F)cc21)c1ccccc1. The summed E-state index contributed by atoms with van der Waals surface area (Å²) in [4.78, 5) is 14.1. The highest BCUT2D eigenvalue weighted by Gasteiger charge is 2.31. The lowest BCUT2D eigenvalue weighted by Gasteiger charge is -2.20. The van der Waals surface area contributed by atoms with Gasteiger partial charge in [-0.1, -0.05) is 36.4 Å². The van der Waals surface area contributed by atoms with Crippen LogP contribution in [0.2, 0.25) is 0 Å². The maximum Gasteiger partial charge on any atom is 0.248 e. The summed E-state index contributed by atoms with van der Waals surface area (Å²) in [5.41, 5.74) is 2.18. The lowest BCUT2D eigenvalue weighted by atomic mass is 9.99. The minimum atomic E-state index is -0.861. The number of fused-ring (bicyclic) bond motifs is 1. The summed E-state index contributed by atoms with van der Waals surface area (Å²) in [6.45, 7) is 0.489. The summed E-state index contributed by atoms with van der Waals surface area (Å²) >= 11 is 0. The van der Waals surface area contributed by atoms with Gasteiger partial charge in [0.2, 0.25) is 5.91 Å². The molecule has 1 amide bonds. The van der Waals surface area contributed by atoms with Gasteiger partial charge in [-0.3, -0.25) is 4.79 Å². The van der Waals surface area contributed by atoms with Gasteiger partial charge in [-0.2, -0.15) is 5.26 Å². The predicted molar refractivity (Wildman–Crippen MR) is 77.3 cm³/mol. The molecule has 1 aliphatic rings. The number of halogens is 1. The molecule has 1 aliphatic heterocycles. The van der Waals surface area contributed by atoms with Gasteiger partial charge in [0.15, 0.2) is 5.92 Å². The summed E-state index contributed by atoms with van der Waals surface area (Å²) in [6, 6.07) is 15.5. The van der Waals surface area contributed by atoms with E-state index in [4.69, 9.17) is 0 Å². The number of carbonyl (C=O) groups excluding carboxylic acids is 1. The third-order valence-corrected chi connectivity index (χ3v) is 3.72. The fourth-order valence-electron chi connectivity index (χ4n) is 2.65. The van der Waals surface area contributed by atoms with Gasteiger partial charge in [-0.15, -0.1) is 0 Å². The molecule has 104 valence electrons. The van der Waals surface area contributed by atoms with E-state index in [0.717, 1.165) is 5.56 Å². The Morgan fingerprint density at radius 1 is 1.24 bits per heavy atom. The summed E-state index contributed by atoms with van der Waals surface area (Å²) in [7, 11) is 0. The standard InChI is InChI=1S/C17H13FN2O/c18-14-7-6-13-8-9-20(16(13)10-14)17(21)15(11-19)12-4-2-1-3-5-12/h1-7,10,15H,8-9H2. The topological polar surface area (TPSA) is 44.1 Å². The van der Waals surface area contributed by atoms with Gasteiger partial charge in [0.25, 0.3) is 0 Å². The molecule has 4 heteroatoms. The van der Waals surface area contributed by atoms with Crippen LogP contribution in [0.4, 0.5) is 10.1 Å². The number of rotatable bonds is 2. The molecule has 0 aromatic heterocycles. The van der Waals surface area contributed by atoms with Crippen LogP contribution in [0.1, 0.15) is 17.0 Å². The van der Waals surface area contributed by atoms with E-state index in [9.17, 15) is 14.4 Å². The van der Waals surface area contributed by atoms with Crippen molar-refractivity contribution in [3.05, 3.63) is 65.5 Å². The average molecular weight is 280 g/mol. The molecule has 0 saturated heterocycles. The van der Waals surface area contributed by atoms with Crippen molar-refractivity contribution in [1.82, 2.24) is 0 Å². The van der Waals surface area contributed by atoms with Crippen molar-refractivity contribution >= 4 is 11.6 Å². The first-order chi connectivity index (χ1) is 10.2. The van der Waals surface area contributed by atoms with Crippen molar-refractivity contribution in [2.75, 3.05) is 11.4 Å². The van der Waals surface area contributed by atoms with Crippen LogP contribution in [0.15, 0.2) is 48.5 Å². The molecule has 0 N–H and O–H groups in total. The average Bonchev–Trinajstić information content (AvgIpc) is 2.92. The maximum absolute atomic E-state index is 13.4. The van der Waals surface area contributed by atoms with Crippen LogP contribution in [-0.2, 0) is 11.2 Å². The van der Waals surface area contributed by atoms with Crippen molar-refractivity contribution in [2.45, 2.75) is 12.3 Å². The highest BCUT2D eigenvalue weighted by molar-refractivity contribution is 6.01. The van der Waals surface area contributed by atoms with E-state index in [1.54, 1.807) is 30.3 Å². The summed E-state index contributed by atoms with van der Waals surface area (Å²) in [5.74, 6) is -1.53. The zero-order valence-electron chi connectivity index (χ0n) is 11.3. The van der Waals surface area contributed by atoms with Gasteiger partial charge in [0.05, 0.1) is 6.07 Å². The van der Waals surface area contributed by atoms with Gasteiger partial charge in [0.1, 0.15) is 5.82 Å². The molecule has 3 rings (SSSR count). The van der Waals surface area contributed by atoms with Gasteiger partial charge >= 0.3 is 0 Å². The lowest BCUT2D eigenvalue weighted by molar-refractivity contribution is -0.118. The van der Waals surface area contributed by atoms with Crippen LogP contribution in [-0.4, -0.2) is 12.5 Å². The first kappa shape index (κ1) is 13.3. The largest absolute Gasteiger partial charge is 0.310 e. The first-order valence-corrected chi connectivity index (χ1v) is 6.75. The zero-order valence-corrected chi connectivity index (χ0v) is 11.3. The Balaban J connectivity index is 1.94. The van der Waals surface area contributed by atoms with E-state index in [1.165, 1.54) is 17.0 Å². The second-order valence-electron chi connectivity index (χ2n) is 4.99. The molecule has 1 atom stereocenters. The van der Waals surface area contributed by atoms with E-state index in [2.05, 4.69) is 6.07 Å². The van der Waals surface area contributed by atoms with E-state index >= 15 is 0 Å². The molecular weight excluding hydrogens is 267 g/mol. The number of nitrogens with zero attached hydrogens (tertiary/aromatic N) is 2. The molecule has 0 spiro atoms. The summed E-state index contributed by atoms with van der Waals surface area (Å²) < 4.78 is 13.4. The van der Waals surface area contributed by atoms with Crippen molar-refractivity contribution in [2.24, 2.45) is 0 Å². The monoisotopic (exact) mass is 280 g/mol. The van der Waals surface area contributed by atoms with Crippen molar-refractivity contribution in [3.63, 3.8) is 0 Å². The molecule has 0 aliphatic carbocycles. The van der Waals surface area contributed by atoms with E-state index < -0.39 is 5.92 Å². The second-order valence-corrected chi connectivity index (χ2v) is 4.99. The van der Waals surface area contributed by atoms with Crippen molar-refractivity contribution in [3.8, 4) is 6.07 Å². The predicted octanol–water partition coefficient (Wildman–Crippen LogP) is 3.02. The minimum absolute atomic E-state index is 0.298. The van der Waals surface area contributed by atoms with E-state index in [0.29, 0.717) is 24.2 Å². The van der Waals surface area contributed by atoms with E-state index in [1.807, 2.05) is 6.07 Å². The first-order valence-electron chi connectivity index (χ1n) is 6.75. The van der Waals surface area contributed by atoms with Gasteiger partial charge in [-0.25, -0.2) is 4.39 Å². The number of hydrogen-bond acceptors (Lipinski definition) is 2. The van der Waals surface area contributed by atoms with Crippen LogP contribution < -0.4 is 4.90 Å². The minimum Gasteiger partial charge on any atom is -0.310 e. The summed E-state index contributed by atoms with van der Waals surface area (Å²) in [5, 5.41) is 9.34. The van der Waals surface area contributed by atoms with Crippen LogP contribution in [0.5, 0.6) is 0 Å². The van der Waals surface area contributed by atoms with Gasteiger partial charge < -0.3 is 4.90 Å². The number of nitriles is 1. The van der Waals surface area contributed by atoms with Crippen LogP contribution in [0, 0.1) is 17.1 Å². The molecule has 0 radical (unpaired) electrons. The molecule has 0 saturated carbocycles. The number of amides is 1. The molecule has 0 bridgehead atoms. The van der Waals surface area contributed by atoms with E-state index in [-0.39, 0.29) is 11.7 Å². The third-order valence-electron chi connectivity index (χ3n) is 3.72. The van der Waals surface area contributed by atoms with Crippen molar-refractivity contribution in [1.29, 1.82) is 5.26 Å². The Hall–Kier alpha value is -2.67. The van der Waals surface area contributed by atoms with Crippen LogP contribution >= 0.6 is 0 Å². The molecule has 1 unspecified atom stereocenters. The Morgan fingerprint density at radius 2 is 2.00 bits per heavy atom. The quantitative estimate of drug-likeness (QED) is 0.848. The molecule has 2 aromatic carbocycles. The Kier molecular flexibility index (Phi) is 3.41. The maximum atomic E-state index is 13.4.